The number of nitrogens with zero attached hydrogens (tertiary/aromatic N) is 1. The number of fused-ring (bicyclic) bond motifs is 1. The topological polar surface area (TPSA) is 40.5 Å². The van der Waals surface area contributed by atoms with E-state index < -0.39 is 18.1 Å². The number of carboxylic acid groups (broad SMARTS) is 1. The maximum absolute atomic E-state index is 13.6. The Morgan fingerprint density at radius 2 is 2.15 bits per heavy atom. The Labute approximate surface area is 76.5 Å². The number of piperidine rings is 1. The monoisotopic (exact) mass is 187 g/mol. The molecule has 2 aliphatic heterocycles. The number of halogens is 1. The van der Waals surface area contributed by atoms with Crippen molar-refractivity contribution in [2.45, 2.75) is 31.5 Å². The number of carbonyl (C=O) groups is 1. The highest BCUT2D eigenvalue weighted by Gasteiger charge is 2.43. The van der Waals surface area contributed by atoms with Gasteiger partial charge in [0.25, 0.3) is 0 Å². The van der Waals surface area contributed by atoms with E-state index >= 15 is 0 Å². The van der Waals surface area contributed by atoms with Crippen LogP contribution >= 0.6 is 0 Å². The van der Waals surface area contributed by atoms with E-state index in [4.69, 9.17) is 5.11 Å². The van der Waals surface area contributed by atoms with E-state index in [0.29, 0.717) is 6.42 Å². The number of hydrogen-bond donors (Lipinski definition) is 1. The smallest absolute Gasteiger partial charge is 0.309 e. The summed E-state index contributed by atoms with van der Waals surface area (Å²) in [4.78, 5) is 12.8. The molecule has 0 spiro atoms. The molecule has 2 rings (SSSR count). The normalized spacial score (nSPS) is 40.2. The zero-order valence-corrected chi connectivity index (χ0v) is 7.45. The van der Waals surface area contributed by atoms with E-state index in [1.807, 2.05) is 0 Å². The molecule has 0 aromatic heterocycles. The number of rotatable bonds is 1. The van der Waals surface area contributed by atoms with Gasteiger partial charge in [-0.25, -0.2) is 4.39 Å². The molecule has 2 aliphatic rings. The highest BCUT2D eigenvalue weighted by Crippen LogP contribution is 2.32. The van der Waals surface area contributed by atoms with Gasteiger partial charge in [0.2, 0.25) is 0 Å². The van der Waals surface area contributed by atoms with Crippen LogP contribution in [0.3, 0.4) is 0 Å². The third kappa shape index (κ3) is 1.43. The van der Waals surface area contributed by atoms with Gasteiger partial charge >= 0.3 is 5.97 Å². The molecule has 0 aromatic carbocycles. The second kappa shape index (κ2) is 3.25. The van der Waals surface area contributed by atoms with Crippen molar-refractivity contribution in [2.75, 3.05) is 13.1 Å². The average molecular weight is 187 g/mol. The zero-order valence-electron chi connectivity index (χ0n) is 7.45. The molecule has 1 N–H and O–H groups in total. The molecule has 2 fully saturated rings. The lowest BCUT2D eigenvalue weighted by Crippen LogP contribution is -2.49. The van der Waals surface area contributed by atoms with Gasteiger partial charge in [0.15, 0.2) is 0 Å². The number of aliphatic carboxylic acids is 1. The quantitative estimate of drug-likeness (QED) is 0.662. The van der Waals surface area contributed by atoms with Crippen molar-refractivity contribution >= 4 is 5.97 Å². The lowest BCUT2D eigenvalue weighted by molar-refractivity contribution is -0.147. The predicted molar refractivity (Wildman–Crippen MR) is 45.2 cm³/mol. The maximum atomic E-state index is 13.6. The van der Waals surface area contributed by atoms with E-state index in [9.17, 15) is 9.18 Å². The molecule has 13 heavy (non-hydrogen) atoms. The van der Waals surface area contributed by atoms with Crippen LogP contribution in [0.5, 0.6) is 0 Å². The largest absolute Gasteiger partial charge is 0.481 e. The van der Waals surface area contributed by atoms with Gasteiger partial charge in [0.1, 0.15) is 6.17 Å². The van der Waals surface area contributed by atoms with Gasteiger partial charge in [-0.2, -0.15) is 0 Å². The Morgan fingerprint density at radius 3 is 2.85 bits per heavy atom. The van der Waals surface area contributed by atoms with Crippen molar-refractivity contribution in [1.29, 1.82) is 0 Å². The van der Waals surface area contributed by atoms with Gasteiger partial charge in [0, 0.05) is 6.04 Å². The molecule has 0 bridgehead atoms. The van der Waals surface area contributed by atoms with E-state index in [0.717, 1.165) is 25.9 Å². The van der Waals surface area contributed by atoms with Crippen molar-refractivity contribution in [3.05, 3.63) is 0 Å². The van der Waals surface area contributed by atoms with Gasteiger partial charge < -0.3 is 5.11 Å². The van der Waals surface area contributed by atoms with Crippen LogP contribution < -0.4 is 0 Å². The molecule has 0 amide bonds. The van der Waals surface area contributed by atoms with Crippen LogP contribution in [0.1, 0.15) is 19.3 Å². The van der Waals surface area contributed by atoms with Gasteiger partial charge in [-0.3, -0.25) is 9.69 Å². The Morgan fingerprint density at radius 1 is 1.38 bits per heavy atom. The van der Waals surface area contributed by atoms with Gasteiger partial charge in [-0.05, 0) is 32.4 Å². The fourth-order valence-electron chi connectivity index (χ4n) is 2.48. The summed E-state index contributed by atoms with van der Waals surface area (Å²) in [5.41, 5.74) is 0. The molecule has 0 radical (unpaired) electrons. The molecule has 0 aromatic rings. The Balaban J connectivity index is 2.08. The third-order valence-electron chi connectivity index (χ3n) is 3.21. The first-order chi connectivity index (χ1) is 6.20. The summed E-state index contributed by atoms with van der Waals surface area (Å²) in [7, 11) is 0. The fraction of sp³-hybridized carbons (Fsp3) is 0.889. The molecule has 3 nitrogen and oxygen atoms in total. The van der Waals surface area contributed by atoms with Gasteiger partial charge in [0.05, 0.1) is 5.92 Å². The second-order valence-corrected chi connectivity index (χ2v) is 3.92. The zero-order chi connectivity index (χ0) is 9.42. The Hall–Kier alpha value is -0.640. The van der Waals surface area contributed by atoms with Crippen LogP contribution in [0.4, 0.5) is 4.39 Å². The van der Waals surface area contributed by atoms with Crippen LogP contribution in [-0.2, 0) is 4.79 Å². The van der Waals surface area contributed by atoms with Crippen LogP contribution in [0, 0.1) is 5.92 Å². The Kier molecular flexibility index (Phi) is 2.24. The lowest BCUT2D eigenvalue weighted by atomic mass is 9.89. The van der Waals surface area contributed by atoms with Crippen molar-refractivity contribution < 1.29 is 14.3 Å². The average Bonchev–Trinajstić information content (AvgIpc) is 2.52. The van der Waals surface area contributed by atoms with E-state index in [2.05, 4.69) is 4.90 Å². The highest BCUT2D eigenvalue weighted by atomic mass is 19.1. The molecular weight excluding hydrogens is 173 g/mol. The first-order valence-corrected chi connectivity index (χ1v) is 4.81. The summed E-state index contributed by atoms with van der Waals surface area (Å²) in [6, 6.07) is -0.116. The number of alkyl halides is 1. The van der Waals surface area contributed by atoms with Crippen molar-refractivity contribution in [3.63, 3.8) is 0 Å². The van der Waals surface area contributed by atoms with Gasteiger partial charge in [-0.1, -0.05) is 0 Å². The van der Waals surface area contributed by atoms with Crippen LogP contribution in [-0.4, -0.2) is 41.3 Å². The molecule has 0 aliphatic carbocycles. The van der Waals surface area contributed by atoms with Crippen LogP contribution in [0.15, 0.2) is 0 Å². The fourth-order valence-corrected chi connectivity index (χ4v) is 2.48. The molecule has 2 saturated heterocycles. The SMILES string of the molecule is O=C(O)C1CCN2CCCC2C1F. The third-order valence-corrected chi connectivity index (χ3v) is 3.21. The molecule has 74 valence electrons. The maximum Gasteiger partial charge on any atom is 0.309 e. The molecular formula is C9H14FNO2. The molecule has 0 saturated carbocycles. The summed E-state index contributed by atoms with van der Waals surface area (Å²) in [5.74, 6) is -1.74. The summed E-state index contributed by atoms with van der Waals surface area (Å²) < 4.78 is 13.6. The molecule has 3 atom stereocenters. The standard InChI is InChI=1S/C9H14FNO2/c10-8-6(9(12)13)3-5-11-4-1-2-7(8)11/h6-8H,1-5H2,(H,12,13). The highest BCUT2D eigenvalue weighted by molar-refractivity contribution is 5.71. The molecule has 3 unspecified atom stereocenters. The lowest BCUT2D eigenvalue weighted by Gasteiger charge is -2.35. The van der Waals surface area contributed by atoms with Crippen molar-refractivity contribution in [2.24, 2.45) is 5.92 Å². The molecule has 4 heteroatoms. The van der Waals surface area contributed by atoms with Crippen molar-refractivity contribution in [3.8, 4) is 0 Å². The Bertz CT molecular complexity index is 222. The van der Waals surface area contributed by atoms with Crippen molar-refractivity contribution in [1.82, 2.24) is 4.90 Å². The second-order valence-electron chi connectivity index (χ2n) is 3.92. The minimum atomic E-state index is -1.16. The van der Waals surface area contributed by atoms with E-state index in [-0.39, 0.29) is 6.04 Å². The van der Waals surface area contributed by atoms with Crippen LogP contribution in [0.25, 0.3) is 0 Å². The number of carboxylic acids is 1. The van der Waals surface area contributed by atoms with E-state index in [1.165, 1.54) is 0 Å². The summed E-state index contributed by atoms with van der Waals surface area (Å²) in [6.45, 7) is 1.69. The summed E-state index contributed by atoms with van der Waals surface area (Å²) >= 11 is 0. The first kappa shape index (κ1) is 8.94. The predicted octanol–water partition coefficient (Wildman–Crippen LogP) is 0.893. The van der Waals surface area contributed by atoms with Gasteiger partial charge in [-0.15, -0.1) is 0 Å². The minimum Gasteiger partial charge on any atom is -0.481 e. The van der Waals surface area contributed by atoms with E-state index in [1.54, 1.807) is 0 Å². The molecule has 2 heterocycles. The minimum absolute atomic E-state index is 0.116. The van der Waals surface area contributed by atoms with Crippen LogP contribution in [0.2, 0.25) is 0 Å². The summed E-state index contributed by atoms with van der Waals surface area (Å²) in [6.07, 6.45) is 1.14. The summed E-state index contributed by atoms with van der Waals surface area (Å²) in [5, 5.41) is 8.77. The first-order valence-electron chi connectivity index (χ1n) is 4.81. The number of hydrogen-bond acceptors (Lipinski definition) is 2.